The standard InChI is InChI=1S/C14H15FN2O2S/c1-9(10-4-3-5-11(15)6-10)16-14-17-12(8-20-14)7-13(18)19-2/h3-6,8-9H,7H2,1-2H3,(H,16,17). The molecular formula is C14H15FN2O2S. The monoisotopic (exact) mass is 294 g/mol. The predicted molar refractivity (Wildman–Crippen MR) is 76.3 cm³/mol. The van der Waals surface area contributed by atoms with Crippen molar-refractivity contribution in [3.8, 4) is 0 Å². The number of halogens is 1. The third-order valence-corrected chi connectivity index (χ3v) is 3.62. The van der Waals surface area contributed by atoms with Gasteiger partial charge in [-0.2, -0.15) is 0 Å². The van der Waals surface area contributed by atoms with Crippen LogP contribution >= 0.6 is 11.3 Å². The number of hydrogen-bond donors (Lipinski definition) is 1. The third kappa shape index (κ3) is 3.77. The highest BCUT2D eigenvalue weighted by Gasteiger charge is 2.11. The number of rotatable bonds is 5. The first kappa shape index (κ1) is 14.5. The maximum absolute atomic E-state index is 13.2. The quantitative estimate of drug-likeness (QED) is 0.861. The summed E-state index contributed by atoms with van der Waals surface area (Å²) < 4.78 is 17.8. The number of ether oxygens (including phenoxy) is 1. The molecule has 1 unspecified atom stereocenters. The number of anilines is 1. The van der Waals surface area contributed by atoms with Crippen LogP contribution in [-0.4, -0.2) is 18.1 Å². The second-order valence-electron chi connectivity index (χ2n) is 4.32. The molecule has 0 saturated heterocycles. The van der Waals surface area contributed by atoms with Gasteiger partial charge in [-0.15, -0.1) is 11.3 Å². The highest BCUT2D eigenvalue weighted by molar-refractivity contribution is 7.13. The van der Waals surface area contributed by atoms with Gasteiger partial charge in [0.1, 0.15) is 5.82 Å². The summed E-state index contributed by atoms with van der Waals surface area (Å²) in [5.74, 6) is -0.582. The third-order valence-electron chi connectivity index (χ3n) is 2.79. The van der Waals surface area contributed by atoms with Gasteiger partial charge in [-0.25, -0.2) is 9.37 Å². The fourth-order valence-corrected chi connectivity index (χ4v) is 2.52. The van der Waals surface area contributed by atoms with E-state index < -0.39 is 0 Å². The molecule has 0 bridgehead atoms. The van der Waals surface area contributed by atoms with Crippen molar-refractivity contribution in [2.75, 3.05) is 12.4 Å². The van der Waals surface area contributed by atoms with Crippen molar-refractivity contribution in [3.05, 3.63) is 46.7 Å². The Kier molecular flexibility index (Phi) is 4.68. The molecule has 0 aliphatic heterocycles. The number of carbonyl (C=O) groups is 1. The van der Waals surface area contributed by atoms with Crippen molar-refractivity contribution >= 4 is 22.4 Å². The van der Waals surface area contributed by atoms with E-state index in [1.807, 2.05) is 13.0 Å². The molecule has 0 saturated carbocycles. The maximum atomic E-state index is 13.2. The van der Waals surface area contributed by atoms with E-state index in [0.29, 0.717) is 10.8 Å². The lowest BCUT2D eigenvalue weighted by atomic mass is 10.1. The van der Waals surface area contributed by atoms with Crippen molar-refractivity contribution in [1.29, 1.82) is 0 Å². The fraction of sp³-hybridized carbons (Fsp3) is 0.286. The molecule has 1 atom stereocenters. The topological polar surface area (TPSA) is 51.2 Å². The molecular weight excluding hydrogens is 279 g/mol. The van der Waals surface area contributed by atoms with Gasteiger partial charge in [0.25, 0.3) is 0 Å². The smallest absolute Gasteiger partial charge is 0.311 e. The van der Waals surface area contributed by atoms with Gasteiger partial charge in [-0.3, -0.25) is 4.79 Å². The van der Waals surface area contributed by atoms with E-state index in [4.69, 9.17) is 0 Å². The van der Waals surface area contributed by atoms with E-state index >= 15 is 0 Å². The van der Waals surface area contributed by atoms with Crippen LogP contribution in [0.25, 0.3) is 0 Å². The summed E-state index contributed by atoms with van der Waals surface area (Å²) in [7, 11) is 1.35. The first-order valence-corrected chi connectivity index (χ1v) is 6.99. The number of aromatic nitrogens is 1. The van der Waals surface area contributed by atoms with Crippen LogP contribution in [0.15, 0.2) is 29.6 Å². The van der Waals surface area contributed by atoms with Crippen molar-refractivity contribution in [2.45, 2.75) is 19.4 Å². The van der Waals surface area contributed by atoms with Crippen LogP contribution in [0.5, 0.6) is 0 Å². The number of hydrogen-bond acceptors (Lipinski definition) is 5. The highest BCUT2D eigenvalue weighted by Crippen LogP contribution is 2.23. The molecule has 0 amide bonds. The van der Waals surface area contributed by atoms with Crippen molar-refractivity contribution < 1.29 is 13.9 Å². The Bertz CT molecular complexity index is 600. The zero-order valence-electron chi connectivity index (χ0n) is 11.2. The molecule has 2 aromatic rings. The lowest BCUT2D eigenvalue weighted by Gasteiger charge is -2.13. The molecule has 2 rings (SSSR count). The molecule has 0 aliphatic rings. The van der Waals surface area contributed by atoms with Gasteiger partial charge >= 0.3 is 5.97 Å². The summed E-state index contributed by atoms with van der Waals surface area (Å²) in [4.78, 5) is 15.5. The van der Waals surface area contributed by atoms with Crippen LogP contribution < -0.4 is 5.32 Å². The summed E-state index contributed by atoms with van der Waals surface area (Å²) >= 11 is 1.41. The van der Waals surface area contributed by atoms with Gasteiger partial charge in [0, 0.05) is 5.38 Å². The summed E-state index contributed by atoms with van der Waals surface area (Å²) in [6.07, 6.45) is 0.156. The second kappa shape index (κ2) is 6.47. The summed E-state index contributed by atoms with van der Waals surface area (Å²) in [6.45, 7) is 1.93. The number of carbonyl (C=O) groups excluding carboxylic acids is 1. The van der Waals surface area contributed by atoms with Crippen molar-refractivity contribution in [1.82, 2.24) is 4.98 Å². The predicted octanol–water partition coefficient (Wildman–Crippen LogP) is 3.17. The average molecular weight is 294 g/mol. The highest BCUT2D eigenvalue weighted by atomic mass is 32.1. The zero-order valence-corrected chi connectivity index (χ0v) is 12.0. The minimum Gasteiger partial charge on any atom is -0.469 e. The molecule has 0 aliphatic carbocycles. The van der Waals surface area contributed by atoms with Crippen LogP contribution in [-0.2, 0) is 16.0 Å². The van der Waals surface area contributed by atoms with Crippen molar-refractivity contribution in [2.24, 2.45) is 0 Å². The molecule has 6 heteroatoms. The van der Waals surface area contributed by atoms with Gasteiger partial charge in [0.05, 0.1) is 25.3 Å². The van der Waals surface area contributed by atoms with E-state index in [2.05, 4.69) is 15.0 Å². The minimum absolute atomic E-state index is 0.0668. The summed E-state index contributed by atoms with van der Waals surface area (Å²) in [6, 6.07) is 6.36. The number of methoxy groups -OCH3 is 1. The van der Waals surface area contributed by atoms with Gasteiger partial charge < -0.3 is 10.1 Å². The number of esters is 1. The maximum Gasteiger partial charge on any atom is 0.311 e. The Labute approximate surface area is 120 Å². The molecule has 0 fully saturated rings. The number of nitrogens with one attached hydrogen (secondary N) is 1. The fourth-order valence-electron chi connectivity index (χ4n) is 1.72. The van der Waals surface area contributed by atoms with Gasteiger partial charge in [0.15, 0.2) is 5.13 Å². The summed E-state index contributed by atoms with van der Waals surface area (Å²) in [5.41, 5.74) is 1.51. The van der Waals surface area contributed by atoms with Gasteiger partial charge in [-0.1, -0.05) is 12.1 Å². The second-order valence-corrected chi connectivity index (χ2v) is 5.18. The van der Waals surface area contributed by atoms with Crippen LogP contribution in [0.3, 0.4) is 0 Å². The van der Waals surface area contributed by atoms with E-state index in [9.17, 15) is 9.18 Å². The van der Waals surface area contributed by atoms with E-state index in [-0.39, 0.29) is 24.2 Å². The molecule has 106 valence electrons. The van der Waals surface area contributed by atoms with E-state index in [1.165, 1.54) is 30.6 Å². The van der Waals surface area contributed by atoms with E-state index in [1.54, 1.807) is 11.4 Å². The number of benzene rings is 1. The largest absolute Gasteiger partial charge is 0.469 e. The Balaban J connectivity index is 2.01. The van der Waals surface area contributed by atoms with Crippen LogP contribution in [0.4, 0.5) is 9.52 Å². The van der Waals surface area contributed by atoms with Crippen molar-refractivity contribution in [3.63, 3.8) is 0 Å². The van der Waals surface area contributed by atoms with Crippen LogP contribution in [0.2, 0.25) is 0 Å². The molecule has 4 nitrogen and oxygen atoms in total. The van der Waals surface area contributed by atoms with E-state index in [0.717, 1.165) is 5.56 Å². The van der Waals surface area contributed by atoms with Gasteiger partial charge in [-0.05, 0) is 24.6 Å². The first-order chi connectivity index (χ1) is 9.58. The Morgan fingerprint density at radius 1 is 1.55 bits per heavy atom. The number of nitrogens with zero attached hydrogens (tertiary/aromatic N) is 1. The lowest BCUT2D eigenvalue weighted by Crippen LogP contribution is -2.08. The first-order valence-electron chi connectivity index (χ1n) is 6.11. The molecule has 1 aromatic heterocycles. The molecule has 20 heavy (non-hydrogen) atoms. The van der Waals surface area contributed by atoms with Crippen LogP contribution in [0.1, 0.15) is 24.2 Å². The molecule has 0 radical (unpaired) electrons. The molecule has 1 aromatic carbocycles. The Morgan fingerprint density at radius 2 is 2.35 bits per heavy atom. The Hall–Kier alpha value is -1.95. The van der Waals surface area contributed by atoms with Crippen LogP contribution in [0, 0.1) is 5.82 Å². The average Bonchev–Trinajstić information content (AvgIpc) is 2.85. The SMILES string of the molecule is COC(=O)Cc1csc(NC(C)c2cccc(F)c2)n1. The number of thiazole rings is 1. The lowest BCUT2D eigenvalue weighted by molar-refractivity contribution is -0.139. The molecule has 1 heterocycles. The normalized spacial score (nSPS) is 11.9. The Morgan fingerprint density at radius 3 is 3.05 bits per heavy atom. The zero-order chi connectivity index (χ0) is 14.5. The summed E-state index contributed by atoms with van der Waals surface area (Å²) in [5, 5.41) is 5.68. The van der Waals surface area contributed by atoms with Gasteiger partial charge in [0.2, 0.25) is 0 Å². The molecule has 0 spiro atoms. The molecule has 1 N–H and O–H groups in total. The minimum atomic E-state index is -0.319.